The molecule has 2 fully saturated rings. The molecule has 1 saturated heterocycles. The van der Waals surface area contributed by atoms with Gasteiger partial charge in [0.25, 0.3) is 0 Å². The molecule has 0 aromatic heterocycles. The first-order chi connectivity index (χ1) is 11.1. The van der Waals surface area contributed by atoms with Gasteiger partial charge >= 0.3 is 0 Å². The summed E-state index contributed by atoms with van der Waals surface area (Å²) >= 11 is 5.87. The second-order valence-electron chi connectivity index (χ2n) is 8.21. The van der Waals surface area contributed by atoms with Crippen molar-refractivity contribution in [2.24, 2.45) is 11.8 Å². The summed E-state index contributed by atoms with van der Waals surface area (Å²) in [5, 5.41) is 1.17. The van der Waals surface area contributed by atoms with Crippen molar-refractivity contribution in [1.82, 2.24) is 9.80 Å². The molecule has 0 radical (unpaired) electrons. The van der Waals surface area contributed by atoms with E-state index in [4.69, 9.17) is 12.2 Å². The minimum atomic E-state index is 0.669. The summed E-state index contributed by atoms with van der Waals surface area (Å²) in [6.07, 6.45) is 12.7. The monoisotopic (exact) mass is 354 g/mol. The van der Waals surface area contributed by atoms with Gasteiger partial charge < -0.3 is 9.80 Å². The van der Waals surface area contributed by atoms with Gasteiger partial charge in [0.2, 0.25) is 0 Å². The Balaban J connectivity index is 1.87. The maximum Gasteiger partial charge on any atom is 0.171 e. The molecule has 0 spiro atoms. The fraction of sp³-hybridized carbons (Fsp3) is 0.947. The van der Waals surface area contributed by atoms with E-state index in [-0.39, 0.29) is 0 Å². The Kier molecular flexibility index (Phi) is 8.38. The molecule has 1 heterocycles. The van der Waals surface area contributed by atoms with Gasteiger partial charge in [-0.2, -0.15) is 0 Å². The van der Waals surface area contributed by atoms with Crippen molar-refractivity contribution in [3.05, 3.63) is 0 Å². The van der Waals surface area contributed by atoms with Gasteiger partial charge in [-0.15, -0.1) is 0 Å². The van der Waals surface area contributed by atoms with Crippen LogP contribution in [0.25, 0.3) is 0 Å². The Morgan fingerprint density at radius 3 is 2.52 bits per heavy atom. The summed E-state index contributed by atoms with van der Waals surface area (Å²) in [5.41, 5.74) is 0. The SMILES string of the molecule is CC(C)C[C@@H]1CN(CCCC[SiH3])C(=S)N1CCC1CCCCC1. The van der Waals surface area contributed by atoms with E-state index in [0.29, 0.717) is 6.04 Å². The number of hydrogen-bond acceptors (Lipinski definition) is 1. The topological polar surface area (TPSA) is 6.48 Å². The van der Waals surface area contributed by atoms with Crippen LogP contribution in [-0.4, -0.2) is 50.8 Å². The third kappa shape index (κ3) is 6.04. The van der Waals surface area contributed by atoms with E-state index < -0.39 is 0 Å². The lowest BCUT2D eigenvalue weighted by Gasteiger charge is -2.29. The minimum absolute atomic E-state index is 0.669. The Bertz CT molecular complexity index is 355. The predicted octanol–water partition coefficient (Wildman–Crippen LogP) is 3.84. The lowest BCUT2D eigenvalue weighted by atomic mass is 9.87. The summed E-state index contributed by atoms with van der Waals surface area (Å²) in [6.45, 7) is 8.29. The van der Waals surface area contributed by atoms with E-state index in [2.05, 4.69) is 23.6 Å². The molecule has 0 aromatic carbocycles. The molecule has 4 heteroatoms. The molecule has 0 N–H and O–H groups in total. The van der Waals surface area contributed by atoms with Gasteiger partial charge in [0.1, 0.15) is 0 Å². The summed E-state index contributed by atoms with van der Waals surface area (Å²) in [7, 11) is 1.35. The zero-order chi connectivity index (χ0) is 16.7. The maximum atomic E-state index is 5.87. The summed E-state index contributed by atoms with van der Waals surface area (Å²) in [4.78, 5) is 5.12. The van der Waals surface area contributed by atoms with Gasteiger partial charge in [-0.05, 0) is 43.3 Å². The standard InChI is InChI=1S/C19H38N2SSi/c1-16(2)14-18-15-20(11-6-7-13-23)19(22)21(18)12-10-17-8-4-3-5-9-17/h16-18H,3-15H2,1-2,23H3/t18-/m1/s1. The first-order valence-corrected chi connectivity index (χ1v) is 12.0. The molecule has 0 unspecified atom stereocenters. The highest BCUT2D eigenvalue weighted by molar-refractivity contribution is 7.80. The largest absolute Gasteiger partial charge is 0.347 e. The van der Waals surface area contributed by atoms with Gasteiger partial charge in [-0.3, -0.25) is 0 Å². The summed E-state index contributed by atoms with van der Waals surface area (Å²) < 4.78 is 0. The van der Waals surface area contributed by atoms with Crippen LogP contribution in [0.5, 0.6) is 0 Å². The second kappa shape index (κ2) is 10.0. The van der Waals surface area contributed by atoms with E-state index in [9.17, 15) is 0 Å². The number of thiocarbonyl (C=S) groups is 1. The average molecular weight is 355 g/mol. The summed E-state index contributed by atoms with van der Waals surface area (Å²) in [6, 6.07) is 2.10. The first-order valence-electron chi connectivity index (χ1n) is 10.2. The fourth-order valence-corrected chi connectivity index (χ4v) is 5.24. The molecule has 2 rings (SSSR count). The van der Waals surface area contributed by atoms with Gasteiger partial charge in [0.05, 0.1) is 0 Å². The van der Waals surface area contributed by atoms with Crippen molar-refractivity contribution >= 4 is 27.6 Å². The maximum absolute atomic E-state index is 5.87. The molecule has 1 atom stereocenters. The minimum Gasteiger partial charge on any atom is -0.347 e. The Labute approximate surface area is 152 Å². The van der Waals surface area contributed by atoms with Crippen LogP contribution < -0.4 is 0 Å². The van der Waals surface area contributed by atoms with Gasteiger partial charge in [0, 0.05) is 35.9 Å². The third-order valence-corrected chi connectivity index (χ3v) is 6.87. The average Bonchev–Trinajstić information content (AvgIpc) is 2.81. The molecule has 0 aromatic rings. The smallest absolute Gasteiger partial charge is 0.171 e. The van der Waals surface area contributed by atoms with Crippen molar-refractivity contribution in [3.8, 4) is 0 Å². The van der Waals surface area contributed by atoms with Crippen molar-refractivity contribution in [3.63, 3.8) is 0 Å². The molecule has 23 heavy (non-hydrogen) atoms. The number of hydrogen-bond donors (Lipinski definition) is 0. The Morgan fingerprint density at radius 1 is 1.13 bits per heavy atom. The Morgan fingerprint density at radius 2 is 1.87 bits per heavy atom. The molecule has 134 valence electrons. The molecule has 1 aliphatic carbocycles. The normalized spacial score (nSPS) is 23.4. The van der Waals surface area contributed by atoms with Crippen molar-refractivity contribution < 1.29 is 0 Å². The van der Waals surface area contributed by atoms with E-state index >= 15 is 0 Å². The van der Waals surface area contributed by atoms with E-state index in [1.165, 1.54) is 98.8 Å². The predicted molar refractivity (Wildman–Crippen MR) is 109 cm³/mol. The van der Waals surface area contributed by atoms with E-state index in [1.54, 1.807) is 0 Å². The van der Waals surface area contributed by atoms with Gasteiger partial charge in [0.15, 0.2) is 5.11 Å². The van der Waals surface area contributed by atoms with Crippen molar-refractivity contribution in [2.75, 3.05) is 19.6 Å². The molecule has 2 aliphatic rings. The molecular formula is C19H38N2SSi. The highest BCUT2D eigenvalue weighted by Gasteiger charge is 2.34. The van der Waals surface area contributed by atoms with Crippen LogP contribution in [0.2, 0.25) is 6.04 Å². The van der Waals surface area contributed by atoms with Crippen LogP contribution in [0.3, 0.4) is 0 Å². The lowest BCUT2D eigenvalue weighted by Crippen LogP contribution is -2.37. The van der Waals surface area contributed by atoms with Gasteiger partial charge in [-0.25, -0.2) is 0 Å². The first kappa shape index (κ1) is 19.2. The van der Waals surface area contributed by atoms with Crippen LogP contribution in [0, 0.1) is 11.8 Å². The lowest BCUT2D eigenvalue weighted by molar-refractivity contribution is 0.257. The Hall–Kier alpha value is -0.0931. The quantitative estimate of drug-likeness (QED) is 0.353. The van der Waals surface area contributed by atoms with Crippen LogP contribution >= 0.6 is 12.2 Å². The molecule has 1 aliphatic heterocycles. The highest BCUT2D eigenvalue weighted by Crippen LogP contribution is 2.29. The van der Waals surface area contributed by atoms with Crippen LogP contribution in [-0.2, 0) is 0 Å². The third-order valence-electron chi connectivity index (χ3n) is 5.67. The zero-order valence-corrected chi connectivity index (χ0v) is 18.5. The summed E-state index contributed by atoms with van der Waals surface area (Å²) in [5.74, 6) is 1.73. The highest BCUT2D eigenvalue weighted by atomic mass is 32.1. The second-order valence-corrected chi connectivity index (χ2v) is 9.57. The molecule has 0 bridgehead atoms. The van der Waals surface area contributed by atoms with Crippen LogP contribution in [0.4, 0.5) is 0 Å². The molecular weight excluding hydrogens is 316 g/mol. The van der Waals surface area contributed by atoms with Crippen LogP contribution in [0.1, 0.15) is 71.6 Å². The molecule has 0 amide bonds. The zero-order valence-electron chi connectivity index (χ0n) is 15.7. The number of nitrogens with zero attached hydrogens (tertiary/aromatic N) is 2. The molecule has 1 saturated carbocycles. The number of rotatable bonds is 9. The van der Waals surface area contributed by atoms with E-state index in [0.717, 1.165) is 11.8 Å². The fourth-order valence-electron chi connectivity index (χ4n) is 4.33. The van der Waals surface area contributed by atoms with Gasteiger partial charge in [-0.1, -0.05) is 58.4 Å². The van der Waals surface area contributed by atoms with Crippen molar-refractivity contribution in [2.45, 2.75) is 83.7 Å². The number of unbranched alkanes of at least 4 members (excludes halogenated alkanes) is 1. The molecule has 2 nitrogen and oxygen atoms in total. The van der Waals surface area contributed by atoms with E-state index in [1.807, 2.05) is 0 Å². The van der Waals surface area contributed by atoms with Crippen molar-refractivity contribution in [1.29, 1.82) is 0 Å². The van der Waals surface area contributed by atoms with Crippen LogP contribution in [0.15, 0.2) is 0 Å².